The van der Waals surface area contributed by atoms with Crippen molar-refractivity contribution in [2.24, 2.45) is 0 Å². The lowest BCUT2D eigenvalue weighted by molar-refractivity contribution is 0.666. The van der Waals surface area contributed by atoms with Crippen LogP contribution in [0.4, 0.5) is 34.1 Å². The second kappa shape index (κ2) is 27.2. The van der Waals surface area contributed by atoms with Gasteiger partial charge in [-0.05, 0) is 155 Å². The maximum Gasteiger partial charge on any atom is 0.0574 e. The van der Waals surface area contributed by atoms with Crippen molar-refractivity contribution in [2.45, 2.75) is 91.1 Å². The minimum absolute atomic E-state index is 0.701. The molecule has 0 spiro atoms. The van der Waals surface area contributed by atoms with Crippen molar-refractivity contribution in [3.05, 3.63) is 313 Å². The van der Waals surface area contributed by atoms with E-state index in [1.807, 2.05) is 0 Å². The van der Waals surface area contributed by atoms with E-state index in [2.05, 4.69) is 324 Å². The van der Waals surface area contributed by atoms with E-state index >= 15 is 0 Å². The van der Waals surface area contributed by atoms with Crippen molar-refractivity contribution in [3.8, 4) is 44.8 Å². The molecular weight excluding hydrogens is 1060 g/mol. The fourth-order valence-corrected chi connectivity index (χ4v) is 13.2. The Morgan fingerprint density at radius 3 is 0.852 bits per heavy atom. The maximum absolute atomic E-state index is 2.63. The van der Waals surface area contributed by atoms with E-state index in [1.165, 1.54) is 140 Å². The summed E-state index contributed by atoms with van der Waals surface area (Å²) < 4.78 is 5.26. The summed E-state index contributed by atoms with van der Waals surface area (Å²) >= 11 is 0. The summed E-state index contributed by atoms with van der Waals surface area (Å²) in [5.41, 5.74) is 24.0. The Morgan fingerprint density at radius 2 is 0.545 bits per heavy atom. The highest BCUT2D eigenvalue weighted by Crippen LogP contribution is 2.49. The van der Waals surface area contributed by atoms with Gasteiger partial charge in [-0.3, -0.25) is 0 Å². The van der Waals surface area contributed by atoms with Crippen molar-refractivity contribution in [1.82, 2.24) is 9.13 Å². The molecule has 0 aliphatic heterocycles. The summed E-state index contributed by atoms with van der Waals surface area (Å²) in [6, 6.07) is 108. The molecule has 0 saturated carbocycles. The van der Waals surface area contributed by atoms with Crippen LogP contribution in [-0.2, 0) is 25.9 Å². The van der Waals surface area contributed by atoms with Crippen LogP contribution in [0.2, 0.25) is 0 Å². The molecule has 13 rings (SSSR count). The van der Waals surface area contributed by atoms with Gasteiger partial charge in [-0.2, -0.15) is 0 Å². The van der Waals surface area contributed by atoms with E-state index in [-0.39, 0.29) is 0 Å². The number of hydrogen-bond donors (Lipinski definition) is 0. The van der Waals surface area contributed by atoms with Gasteiger partial charge < -0.3 is 18.9 Å². The van der Waals surface area contributed by atoms with E-state index in [0.29, 0.717) is 13.1 Å². The van der Waals surface area contributed by atoms with Crippen LogP contribution < -0.4 is 9.80 Å². The highest BCUT2D eigenvalue weighted by molar-refractivity contribution is 6.15. The van der Waals surface area contributed by atoms with Crippen LogP contribution in [0.15, 0.2) is 291 Å². The number of rotatable bonds is 24. The number of hydrogen-bond acceptors (Lipinski definition) is 2. The molecule has 0 N–H and O–H groups in total. The van der Waals surface area contributed by atoms with Crippen LogP contribution >= 0.6 is 0 Å². The lowest BCUT2D eigenvalue weighted by Gasteiger charge is -2.25. The number of benzene rings is 11. The highest BCUT2D eigenvalue weighted by atomic mass is 15.1. The minimum atomic E-state index is 0.701. The zero-order valence-corrected chi connectivity index (χ0v) is 51.0. The number of unbranched alkanes of at least 4 members (excludes halogenated alkanes) is 6. The Labute approximate surface area is 521 Å². The van der Waals surface area contributed by atoms with Crippen LogP contribution in [0.3, 0.4) is 0 Å². The zero-order valence-electron chi connectivity index (χ0n) is 51.0. The Balaban J connectivity index is 1.06. The summed E-state index contributed by atoms with van der Waals surface area (Å²) in [6.07, 6.45) is 12.3. The molecule has 0 radical (unpaired) electrons. The molecule has 0 aliphatic carbocycles. The van der Waals surface area contributed by atoms with Gasteiger partial charge in [-0.15, -0.1) is 0 Å². The molecule has 0 aliphatic rings. The molecule has 4 nitrogen and oxygen atoms in total. The zero-order chi connectivity index (χ0) is 59.4. The van der Waals surface area contributed by atoms with Crippen LogP contribution in [0.1, 0.15) is 87.5 Å². The Kier molecular flexibility index (Phi) is 17.7. The van der Waals surface area contributed by atoms with E-state index in [4.69, 9.17) is 0 Å². The molecule has 13 aromatic rings. The van der Waals surface area contributed by atoms with Crippen molar-refractivity contribution in [1.29, 1.82) is 0 Å². The van der Waals surface area contributed by atoms with E-state index in [0.717, 1.165) is 47.0 Å². The minimum Gasteiger partial charge on any atom is -0.335 e. The first-order chi connectivity index (χ1) is 43.6. The van der Waals surface area contributed by atoms with E-state index < -0.39 is 0 Å². The largest absolute Gasteiger partial charge is 0.335 e. The molecule has 88 heavy (non-hydrogen) atoms. The number of fused-ring (bicyclic) bond motifs is 2. The molecule has 0 atom stereocenters. The van der Waals surface area contributed by atoms with Crippen molar-refractivity contribution >= 4 is 55.9 Å². The van der Waals surface area contributed by atoms with Gasteiger partial charge in [0.2, 0.25) is 0 Å². The van der Waals surface area contributed by atoms with Crippen molar-refractivity contribution in [2.75, 3.05) is 9.80 Å². The third-order valence-corrected chi connectivity index (χ3v) is 17.6. The van der Waals surface area contributed by atoms with Crippen LogP contribution in [-0.4, -0.2) is 9.13 Å². The van der Waals surface area contributed by atoms with E-state index in [9.17, 15) is 0 Å². The number of anilines is 6. The van der Waals surface area contributed by atoms with Gasteiger partial charge in [0.15, 0.2) is 0 Å². The quantitative estimate of drug-likeness (QED) is 0.0561. The molecule has 0 bridgehead atoms. The number of aromatic nitrogens is 2. The smallest absolute Gasteiger partial charge is 0.0574 e. The molecule has 4 heteroatoms. The summed E-state index contributed by atoms with van der Waals surface area (Å²) in [5.74, 6) is 0. The summed E-state index contributed by atoms with van der Waals surface area (Å²) in [5, 5.41) is 2.44. The first kappa shape index (κ1) is 57.2. The van der Waals surface area contributed by atoms with Gasteiger partial charge in [0, 0.05) is 69.1 Å². The third kappa shape index (κ3) is 12.4. The lowest BCUT2D eigenvalue weighted by atomic mass is 9.95. The van der Waals surface area contributed by atoms with Gasteiger partial charge in [-0.25, -0.2) is 0 Å². The third-order valence-electron chi connectivity index (χ3n) is 17.6. The molecular formula is C84H78N4. The van der Waals surface area contributed by atoms with Crippen molar-refractivity contribution in [3.63, 3.8) is 0 Å². The molecule has 0 unspecified atom stereocenters. The maximum atomic E-state index is 2.63. The first-order valence-corrected chi connectivity index (χ1v) is 32.1. The van der Waals surface area contributed by atoms with Crippen molar-refractivity contribution < 1.29 is 0 Å². The van der Waals surface area contributed by atoms with Gasteiger partial charge in [-0.1, -0.05) is 259 Å². The topological polar surface area (TPSA) is 16.3 Å². The molecule has 2 heterocycles. The molecule has 0 amide bonds. The SMILES string of the molecule is CCCCCCc1ccc(Cn2c(-c3ccccc3)c(-c3ccc(N(c4ccccc4)c4ccccc4)cc3)c3cc4c(cc32)c(-c2ccc(N(c3ccccc3)c3ccccc3)cc2)c(-c2ccccc2)n4Cc2ccc(CCCCCC)cc2)cc1. The number of para-hydroxylation sites is 4. The molecule has 434 valence electrons. The van der Waals surface area contributed by atoms with Crippen LogP contribution in [0.5, 0.6) is 0 Å². The van der Waals surface area contributed by atoms with Gasteiger partial charge in [0.25, 0.3) is 0 Å². The average molecular weight is 1140 g/mol. The fourth-order valence-electron chi connectivity index (χ4n) is 13.2. The summed E-state index contributed by atoms with van der Waals surface area (Å²) in [7, 11) is 0. The Morgan fingerprint density at radius 1 is 0.261 bits per heavy atom. The van der Waals surface area contributed by atoms with Gasteiger partial charge >= 0.3 is 0 Å². The highest BCUT2D eigenvalue weighted by Gasteiger charge is 2.27. The van der Waals surface area contributed by atoms with Gasteiger partial charge in [0.05, 0.1) is 22.4 Å². The normalized spacial score (nSPS) is 11.4. The molecule has 2 aromatic heterocycles. The van der Waals surface area contributed by atoms with Crippen LogP contribution in [0.25, 0.3) is 66.6 Å². The molecule has 11 aromatic carbocycles. The number of nitrogens with zero attached hydrogens (tertiary/aromatic N) is 4. The summed E-state index contributed by atoms with van der Waals surface area (Å²) in [6.45, 7) is 5.98. The standard InChI is InChI=1S/C84H78N4/c1-3-5-7-15-29-63-43-47-65(48-44-63)61-85-79-59-78-80(60-77(79)81(83(85)69-31-17-9-18-32-69)67-51-55-75(56-52-67)87(71-35-21-11-22-36-71)72-37-23-12-24-38-72)86(62-66-49-45-64(46-50-66)30-16-8-6-4-2)84(70-33-19-10-20-34-70)82(78)68-53-57-76(58-54-68)88(73-39-25-13-26-40-73)74-41-27-14-28-42-74/h9-14,17-28,31-60H,3-8,15-16,29-30,61-62H2,1-2H3. The Bertz CT molecular complexity index is 3960. The lowest BCUT2D eigenvalue weighted by Crippen LogP contribution is -2.09. The molecule has 0 saturated heterocycles. The second-order valence-corrected chi connectivity index (χ2v) is 23.6. The summed E-state index contributed by atoms with van der Waals surface area (Å²) in [4.78, 5) is 4.71. The Hall–Kier alpha value is -9.90. The van der Waals surface area contributed by atoms with E-state index in [1.54, 1.807) is 0 Å². The van der Waals surface area contributed by atoms with Gasteiger partial charge in [0.1, 0.15) is 0 Å². The molecule has 0 fully saturated rings. The average Bonchev–Trinajstić information content (AvgIpc) is 1.60. The predicted octanol–water partition coefficient (Wildman–Crippen LogP) is 23.5. The monoisotopic (exact) mass is 1140 g/mol. The number of aryl methyl sites for hydroxylation is 2. The second-order valence-electron chi connectivity index (χ2n) is 23.6. The first-order valence-electron chi connectivity index (χ1n) is 32.1. The van der Waals surface area contributed by atoms with Crippen LogP contribution in [0, 0.1) is 0 Å². The fraction of sp³-hybridized carbons (Fsp3) is 0.167. The predicted molar refractivity (Wildman–Crippen MR) is 375 cm³/mol.